The summed E-state index contributed by atoms with van der Waals surface area (Å²) < 4.78 is 0. The van der Waals surface area contributed by atoms with Crippen molar-refractivity contribution in [2.24, 2.45) is 0 Å². The highest BCUT2D eigenvalue weighted by molar-refractivity contribution is 7.80. The lowest BCUT2D eigenvalue weighted by Gasteiger charge is -2.14. The molecule has 0 heterocycles. The number of hydrogen-bond donors (Lipinski definition) is 3. The zero-order valence-electron chi connectivity index (χ0n) is 8.67. The van der Waals surface area contributed by atoms with Crippen molar-refractivity contribution >= 4 is 24.4 Å². The minimum Gasteiger partial charge on any atom is -0.354 e. The molecule has 2 N–H and O–H groups in total. The van der Waals surface area contributed by atoms with Gasteiger partial charge in [0.2, 0.25) is 11.8 Å². The van der Waals surface area contributed by atoms with Gasteiger partial charge in [0.1, 0.15) is 6.04 Å². The minimum absolute atomic E-state index is 0.163. The van der Waals surface area contributed by atoms with Crippen LogP contribution in [0, 0.1) is 0 Å². The molecule has 0 aromatic heterocycles. The summed E-state index contributed by atoms with van der Waals surface area (Å²) in [4.78, 5) is 22.1. The van der Waals surface area contributed by atoms with Crippen molar-refractivity contribution in [1.82, 2.24) is 10.6 Å². The molecule has 0 saturated carbocycles. The van der Waals surface area contributed by atoms with E-state index in [1.165, 1.54) is 6.92 Å². The molecule has 0 aliphatic carbocycles. The van der Waals surface area contributed by atoms with E-state index in [0.717, 1.165) is 12.8 Å². The van der Waals surface area contributed by atoms with Crippen LogP contribution in [0.1, 0.15) is 26.7 Å². The van der Waals surface area contributed by atoms with Gasteiger partial charge in [-0.3, -0.25) is 9.59 Å². The van der Waals surface area contributed by atoms with E-state index in [-0.39, 0.29) is 11.8 Å². The number of thiol groups is 1. The first kappa shape index (κ1) is 13.3. The Hall–Kier alpha value is -0.710. The molecule has 5 heteroatoms. The van der Waals surface area contributed by atoms with Gasteiger partial charge in [-0.2, -0.15) is 12.6 Å². The second-order valence-corrected chi connectivity index (χ2v) is 3.45. The van der Waals surface area contributed by atoms with Crippen molar-refractivity contribution in [2.75, 3.05) is 12.3 Å². The quantitative estimate of drug-likeness (QED) is 0.445. The molecule has 0 aromatic rings. The number of hydrogen-bond acceptors (Lipinski definition) is 3. The van der Waals surface area contributed by atoms with Crippen LogP contribution in [0.2, 0.25) is 0 Å². The van der Waals surface area contributed by atoms with E-state index in [0.29, 0.717) is 12.3 Å². The Bertz CT molecular complexity index is 197. The zero-order valence-corrected chi connectivity index (χ0v) is 9.56. The van der Waals surface area contributed by atoms with Crippen LogP contribution in [0.25, 0.3) is 0 Å². The monoisotopic (exact) mass is 218 g/mol. The van der Waals surface area contributed by atoms with Crippen LogP contribution in [-0.2, 0) is 9.59 Å². The van der Waals surface area contributed by atoms with E-state index >= 15 is 0 Å². The van der Waals surface area contributed by atoms with Gasteiger partial charge in [0.25, 0.3) is 0 Å². The summed E-state index contributed by atoms with van der Waals surface area (Å²) in [6, 6.07) is -0.521. The van der Waals surface area contributed by atoms with Gasteiger partial charge in [-0.05, 0) is 6.42 Å². The normalized spacial score (nSPS) is 11.9. The summed E-state index contributed by atoms with van der Waals surface area (Å²) >= 11 is 4.00. The molecule has 2 amide bonds. The smallest absolute Gasteiger partial charge is 0.243 e. The number of nitrogens with one attached hydrogen (secondary N) is 2. The highest BCUT2D eigenvalue weighted by Crippen LogP contribution is 1.90. The number of unbranched alkanes of at least 4 members (excludes halogenated alkanes) is 1. The molecule has 14 heavy (non-hydrogen) atoms. The van der Waals surface area contributed by atoms with Gasteiger partial charge in [-0.15, -0.1) is 0 Å². The van der Waals surface area contributed by atoms with Crippen molar-refractivity contribution in [3.8, 4) is 0 Å². The van der Waals surface area contributed by atoms with Gasteiger partial charge in [-0.1, -0.05) is 13.3 Å². The van der Waals surface area contributed by atoms with E-state index in [1.54, 1.807) is 0 Å². The Kier molecular flexibility index (Phi) is 7.28. The average molecular weight is 218 g/mol. The fraction of sp³-hybridized carbons (Fsp3) is 0.778. The Labute approximate surface area is 90.2 Å². The first-order chi connectivity index (χ1) is 6.61. The van der Waals surface area contributed by atoms with E-state index in [4.69, 9.17) is 0 Å². The van der Waals surface area contributed by atoms with Crippen LogP contribution in [0.5, 0.6) is 0 Å². The predicted octanol–water partition coefficient (Wildman–Crippen LogP) is 0.337. The van der Waals surface area contributed by atoms with Crippen LogP contribution in [0.4, 0.5) is 0 Å². The molecule has 0 aliphatic heterocycles. The highest BCUT2D eigenvalue weighted by Gasteiger charge is 2.16. The second-order valence-electron chi connectivity index (χ2n) is 3.08. The minimum atomic E-state index is -0.521. The summed E-state index contributed by atoms with van der Waals surface area (Å²) in [6.45, 7) is 4.09. The van der Waals surface area contributed by atoms with Gasteiger partial charge >= 0.3 is 0 Å². The molecule has 0 bridgehead atoms. The summed E-state index contributed by atoms with van der Waals surface area (Å²) in [5, 5.41) is 5.27. The molecule has 0 aliphatic rings. The van der Waals surface area contributed by atoms with Gasteiger partial charge in [0.15, 0.2) is 0 Å². The molecule has 1 unspecified atom stereocenters. The first-order valence-electron chi connectivity index (χ1n) is 4.77. The molecule has 0 spiro atoms. The SMILES string of the molecule is CCCCNC(=O)C(CS)NC(C)=O. The van der Waals surface area contributed by atoms with Crippen LogP contribution < -0.4 is 10.6 Å². The van der Waals surface area contributed by atoms with Crippen LogP contribution >= 0.6 is 12.6 Å². The van der Waals surface area contributed by atoms with Crippen molar-refractivity contribution in [3.63, 3.8) is 0 Å². The highest BCUT2D eigenvalue weighted by atomic mass is 32.1. The van der Waals surface area contributed by atoms with E-state index in [1.807, 2.05) is 0 Å². The molecule has 0 fully saturated rings. The van der Waals surface area contributed by atoms with Gasteiger partial charge in [-0.25, -0.2) is 0 Å². The Morgan fingerprint density at radius 1 is 1.43 bits per heavy atom. The summed E-state index contributed by atoms with van der Waals surface area (Å²) in [5.41, 5.74) is 0. The summed E-state index contributed by atoms with van der Waals surface area (Å²) in [5.74, 6) is -0.0595. The van der Waals surface area contributed by atoms with E-state index < -0.39 is 6.04 Å². The summed E-state index contributed by atoms with van der Waals surface area (Å²) in [7, 11) is 0. The van der Waals surface area contributed by atoms with Crippen LogP contribution in [0.3, 0.4) is 0 Å². The average Bonchev–Trinajstić information content (AvgIpc) is 2.14. The third-order valence-corrected chi connectivity index (χ3v) is 2.07. The topological polar surface area (TPSA) is 58.2 Å². The largest absolute Gasteiger partial charge is 0.354 e. The Balaban J connectivity index is 3.85. The number of carbonyl (C=O) groups excluding carboxylic acids is 2. The molecule has 1 atom stereocenters. The summed E-state index contributed by atoms with van der Waals surface area (Å²) in [6.07, 6.45) is 1.98. The van der Waals surface area contributed by atoms with Crippen LogP contribution in [-0.4, -0.2) is 30.2 Å². The Morgan fingerprint density at radius 3 is 2.50 bits per heavy atom. The lowest BCUT2D eigenvalue weighted by atomic mass is 10.3. The van der Waals surface area contributed by atoms with E-state index in [9.17, 15) is 9.59 Å². The van der Waals surface area contributed by atoms with Gasteiger partial charge in [0.05, 0.1) is 0 Å². The van der Waals surface area contributed by atoms with Crippen molar-refractivity contribution in [3.05, 3.63) is 0 Å². The molecule has 0 radical (unpaired) electrons. The third kappa shape index (κ3) is 5.85. The lowest BCUT2D eigenvalue weighted by molar-refractivity contribution is -0.127. The maximum absolute atomic E-state index is 11.4. The number of carbonyl (C=O) groups is 2. The Morgan fingerprint density at radius 2 is 2.07 bits per heavy atom. The van der Waals surface area contributed by atoms with Crippen molar-refractivity contribution < 1.29 is 9.59 Å². The maximum atomic E-state index is 11.4. The first-order valence-corrected chi connectivity index (χ1v) is 5.40. The maximum Gasteiger partial charge on any atom is 0.243 e. The molecular weight excluding hydrogens is 200 g/mol. The van der Waals surface area contributed by atoms with E-state index in [2.05, 4.69) is 30.2 Å². The molecule has 0 aromatic carbocycles. The fourth-order valence-corrected chi connectivity index (χ4v) is 1.21. The van der Waals surface area contributed by atoms with Gasteiger partial charge < -0.3 is 10.6 Å². The molecular formula is C9H18N2O2S. The van der Waals surface area contributed by atoms with Crippen molar-refractivity contribution in [1.29, 1.82) is 0 Å². The predicted molar refractivity (Wildman–Crippen MR) is 59.4 cm³/mol. The second kappa shape index (κ2) is 7.67. The number of rotatable bonds is 6. The number of amides is 2. The van der Waals surface area contributed by atoms with Crippen LogP contribution in [0.15, 0.2) is 0 Å². The molecule has 0 saturated heterocycles. The van der Waals surface area contributed by atoms with Gasteiger partial charge in [0, 0.05) is 19.2 Å². The molecule has 4 nitrogen and oxygen atoms in total. The van der Waals surface area contributed by atoms with Crippen molar-refractivity contribution in [2.45, 2.75) is 32.7 Å². The third-order valence-electron chi connectivity index (χ3n) is 1.71. The lowest BCUT2D eigenvalue weighted by Crippen LogP contribution is -2.47. The molecule has 0 rings (SSSR count). The zero-order chi connectivity index (χ0) is 11.0. The standard InChI is InChI=1S/C9H18N2O2S/c1-3-4-5-10-9(13)8(6-14)11-7(2)12/h8,14H,3-6H2,1-2H3,(H,10,13)(H,11,12). The molecule has 82 valence electrons. The fourth-order valence-electron chi connectivity index (χ4n) is 0.951.